The summed E-state index contributed by atoms with van der Waals surface area (Å²) in [4.78, 5) is 73.6. The molecule has 0 aromatic carbocycles. The predicted octanol–water partition coefficient (Wildman–Crippen LogP) is 16.3. The van der Waals surface area contributed by atoms with Gasteiger partial charge in [-0.2, -0.15) is 26.3 Å². The second-order valence-electron chi connectivity index (χ2n) is 25.9. The highest BCUT2D eigenvalue weighted by Crippen LogP contribution is 2.44. The molecule has 0 aliphatic rings. The molecular weight excluding hydrogens is 1090 g/mol. The normalized spacial score (nSPS) is 17.0. The third-order valence-corrected chi connectivity index (χ3v) is 25.5. The molecule has 10 atom stereocenters. The molecule has 0 spiro atoms. The van der Waals surface area contributed by atoms with Crippen molar-refractivity contribution in [1.29, 1.82) is 0 Å². The van der Waals surface area contributed by atoms with Crippen LogP contribution in [0.4, 0.5) is 26.3 Å². The lowest BCUT2D eigenvalue weighted by Gasteiger charge is -2.43. The molecule has 0 unspecified atom stereocenters. The van der Waals surface area contributed by atoms with E-state index in [2.05, 4.69) is 94.0 Å². The molecule has 0 saturated carbocycles. The number of hydrogen-bond donors (Lipinski definition) is 2. The van der Waals surface area contributed by atoms with E-state index in [0.29, 0.717) is 0 Å². The van der Waals surface area contributed by atoms with E-state index in [-0.39, 0.29) is 77.1 Å². The van der Waals surface area contributed by atoms with Crippen LogP contribution in [-0.4, -0.2) is 98.7 Å². The van der Waals surface area contributed by atoms with Crippen molar-refractivity contribution in [2.75, 3.05) is 0 Å². The summed E-state index contributed by atoms with van der Waals surface area (Å²) in [5.41, 5.74) is -3.33. The molecule has 0 aliphatic heterocycles. The van der Waals surface area contributed by atoms with Crippen molar-refractivity contribution >= 4 is 51.7 Å². The number of aliphatic hydroxyl groups is 1. The number of carboxylic acids is 1. The third kappa shape index (κ3) is 27.0. The Bertz CT molecular complexity index is 2180. The molecule has 0 amide bonds. The smallest absolute Gasteiger partial charge is 0.412 e. The van der Waals surface area contributed by atoms with Gasteiger partial charge in [0.25, 0.3) is 0 Å². The number of Topliss-reactive ketones (excluding diaryl/α,β-unsaturated/α-hetero) is 4. The number of allylic oxidation sites excluding steroid dienone is 4. The van der Waals surface area contributed by atoms with E-state index < -0.39 is 117 Å². The highest BCUT2D eigenvalue weighted by molar-refractivity contribution is 6.74. The Morgan fingerprint density at radius 2 is 0.864 bits per heavy atom. The first-order valence-corrected chi connectivity index (χ1v) is 33.6. The molecule has 0 fully saturated rings. The van der Waals surface area contributed by atoms with Crippen molar-refractivity contribution < 1.29 is 78.9 Å². The summed E-state index contributed by atoms with van der Waals surface area (Å²) in [6, 6.07) is 0. The van der Waals surface area contributed by atoms with Gasteiger partial charge in [-0.05, 0) is 93.0 Å². The second kappa shape index (κ2) is 33.4. The first-order chi connectivity index (χ1) is 36.2. The van der Waals surface area contributed by atoms with Gasteiger partial charge >= 0.3 is 24.3 Å². The van der Waals surface area contributed by atoms with Crippen LogP contribution < -0.4 is 0 Å². The molecule has 0 heterocycles. The summed E-state index contributed by atoms with van der Waals surface area (Å²) in [5, 5.41) is 18.1. The van der Waals surface area contributed by atoms with Crippen molar-refractivity contribution in [1.82, 2.24) is 0 Å². The van der Waals surface area contributed by atoms with Crippen LogP contribution in [0.3, 0.4) is 0 Å². The molecular formula is C62H104F6O11Si2. The summed E-state index contributed by atoms with van der Waals surface area (Å²) in [7, 11) is -4.28. The first-order valence-electron chi connectivity index (χ1n) is 27.7. The molecule has 0 radical (unpaired) electrons. The molecule has 2 N–H and O–H groups in total. The van der Waals surface area contributed by atoms with E-state index in [1.807, 2.05) is 54.5 Å². The van der Waals surface area contributed by atoms with Gasteiger partial charge in [0.1, 0.15) is 17.7 Å². The summed E-state index contributed by atoms with van der Waals surface area (Å²) >= 11 is 0. The minimum absolute atomic E-state index is 0.0176. The topological polar surface area (TPSA) is 171 Å². The van der Waals surface area contributed by atoms with Crippen molar-refractivity contribution in [3.8, 4) is 0 Å². The number of alkyl halides is 6. The van der Waals surface area contributed by atoms with Gasteiger partial charge in [-0.1, -0.05) is 147 Å². The Morgan fingerprint density at radius 1 is 0.543 bits per heavy atom. The lowest BCUT2D eigenvalue weighted by atomic mass is 9.69. The molecule has 0 aromatic heterocycles. The standard InChI is InChI=1S/C31H51F3O5Si.C21H40O4Si.C10H13F3O2/c1-14-16-24(31(32,33)34)17-18-25(23(6)35)38-26(36)19-21(4)30(10,11)28(37)22(5)27(20(3)15-2)39-40(12,13)29(7,8)9;1-12-14(2)18(25-26(10,11)20(5,6)7)16(4)19(24)21(8,9)15(3)13-17(22)23;1-3-4-8(10(11,12)13)5-6-9(15)7(2)14/h14-15,17,20-22,25,27H,1-2,16,18-19H2,3-13H3;12,14-16,18H,1,13H2,2-11H3,(H,22,23);3,5,9,15H,1,4,6H2,2H3/b24-17+;;8-5+/t20-,21-,22+,25-,27-;14-,15-,16+,18+;9-/m000/s1. The lowest BCUT2D eigenvalue weighted by Crippen LogP contribution is -2.50. The zero-order valence-corrected chi connectivity index (χ0v) is 55.1. The van der Waals surface area contributed by atoms with Crippen LogP contribution in [0.1, 0.15) is 163 Å². The van der Waals surface area contributed by atoms with E-state index in [0.717, 1.165) is 38.2 Å². The van der Waals surface area contributed by atoms with E-state index >= 15 is 0 Å². The summed E-state index contributed by atoms with van der Waals surface area (Å²) in [5.74, 6) is -4.35. The average molecular weight is 1200 g/mol. The molecule has 468 valence electrons. The molecule has 0 rings (SSSR count). The Balaban J connectivity index is -0.00000126. The van der Waals surface area contributed by atoms with E-state index in [1.165, 1.54) is 0 Å². The molecule has 0 saturated heterocycles. The number of carbonyl (C=O) groups is 6. The molecule has 81 heavy (non-hydrogen) atoms. The zero-order chi connectivity index (χ0) is 65.0. The van der Waals surface area contributed by atoms with E-state index in [1.54, 1.807) is 26.8 Å². The largest absolute Gasteiger partial charge is 0.481 e. The maximum atomic E-state index is 13.8. The van der Waals surface area contributed by atoms with Gasteiger partial charge in [-0.3, -0.25) is 28.8 Å². The van der Waals surface area contributed by atoms with Crippen LogP contribution in [0.25, 0.3) is 0 Å². The lowest BCUT2D eigenvalue weighted by molar-refractivity contribution is -0.156. The fourth-order valence-electron chi connectivity index (χ4n) is 7.73. The summed E-state index contributed by atoms with van der Waals surface area (Å²) in [6.07, 6.45) is -6.48. The number of aliphatic carboxylic acids is 1. The quantitative estimate of drug-likeness (QED) is 0.0293. The minimum atomic E-state index is -4.58. The SMILES string of the molecule is C=CC/C(=C\C[C@H](O)C(C)=O)C(F)(F)F.C=CC/C(=C\C[C@H](OC(=O)C[C@H](C)C(C)(C)C(=O)[C@H](C)[C@@H](O[Si](C)(C)C(C)(C)C)[C@@H](C)C=C)C(C)=O)C(F)(F)F.C=C[C@H](C)[C@@H](O[Si](C)(C)C(C)(C)C)[C@@H](C)C(=O)C(C)(C)[C@@H](C)CC(=O)O. The van der Waals surface area contributed by atoms with Crippen LogP contribution >= 0.6 is 0 Å². The van der Waals surface area contributed by atoms with Crippen LogP contribution in [-0.2, 0) is 42.4 Å². The van der Waals surface area contributed by atoms with Crippen molar-refractivity contribution in [3.63, 3.8) is 0 Å². The van der Waals surface area contributed by atoms with Gasteiger partial charge in [-0.15, -0.1) is 26.3 Å². The monoisotopic (exact) mass is 1190 g/mol. The third-order valence-electron chi connectivity index (χ3n) is 16.6. The Morgan fingerprint density at radius 3 is 1.12 bits per heavy atom. The first kappa shape index (κ1) is 81.2. The fraction of sp³-hybridized carbons (Fsp3) is 0.710. The van der Waals surface area contributed by atoms with Gasteiger partial charge in [0.2, 0.25) is 0 Å². The Labute approximate surface area is 485 Å². The molecule has 11 nitrogen and oxygen atoms in total. The number of ketones is 4. The molecule has 0 aromatic rings. The fourth-order valence-corrected chi connectivity index (χ4v) is 10.6. The highest BCUT2D eigenvalue weighted by atomic mass is 28.4. The zero-order valence-electron chi connectivity index (χ0n) is 53.1. The van der Waals surface area contributed by atoms with E-state index in [9.17, 15) is 55.1 Å². The Hall–Kier alpha value is -4.05. The number of carbonyl (C=O) groups excluding carboxylic acids is 5. The van der Waals surface area contributed by atoms with Gasteiger partial charge < -0.3 is 23.8 Å². The van der Waals surface area contributed by atoms with Crippen LogP contribution in [0, 0.1) is 46.3 Å². The number of esters is 1. The van der Waals surface area contributed by atoms with Gasteiger partial charge in [0.15, 0.2) is 34.3 Å². The second-order valence-corrected chi connectivity index (χ2v) is 35.4. The van der Waals surface area contributed by atoms with Crippen LogP contribution in [0.5, 0.6) is 0 Å². The minimum Gasteiger partial charge on any atom is -0.481 e. The van der Waals surface area contributed by atoms with Gasteiger partial charge in [0.05, 0.1) is 12.2 Å². The summed E-state index contributed by atoms with van der Waals surface area (Å²) in [6.45, 7) is 56.8. The van der Waals surface area contributed by atoms with Crippen LogP contribution in [0.2, 0.25) is 36.3 Å². The summed E-state index contributed by atoms with van der Waals surface area (Å²) < 4.78 is 95.0. The predicted molar refractivity (Wildman–Crippen MR) is 318 cm³/mol. The maximum absolute atomic E-state index is 13.8. The van der Waals surface area contributed by atoms with Crippen molar-refractivity contribution in [3.05, 3.63) is 73.9 Å². The number of ether oxygens (including phenoxy) is 1. The number of aliphatic hydroxyl groups excluding tert-OH is 1. The van der Waals surface area contributed by atoms with Crippen LogP contribution in [0.15, 0.2) is 73.9 Å². The number of rotatable bonds is 31. The number of hydrogen-bond acceptors (Lipinski definition) is 10. The molecule has 0 aliphatic carbocycles. The van der Waals surface area contributed by atoms with Crippen molar-refractivity contribution in [2.24, 2.45) is 46.3 Å². The van der Waals surface area contributed by atoms with Gasteiger partial charge in [0, 0.05) is 53.1 Å². The maximum Gasteiger partial charge on any atom is 0.412 e. The average Bonchev–Trinajstić information content (AvgIpc) is 3.31. The van der Waals surface area contributed by atoms with Gasteiger partial charge in [-0.25, -0.2) is 0 Å². The molecule has 19 heteroatoms. The number of carboxylic acid groups (broad SMARTS) is 1. The Kier molecular flexibility index (Phi) is 33.5. The van der Waals surface area contributed by atoms with E-state index in [4.69, 9.17) is 23.8 Å². The molecule has 0 bridgehead atoms. The number of halogens is 6. The highest BCUT2D eigenvalue weighted by Gasteiger charge is 2.48. The van der Waals surface area contributed by atoms with Crippen molar-refractivity contribution in [2.45, 2.75) is 236 Å².